The highest BCUT2D eigenvalue weighted by Crippen LogP contribution is 2.40. The molecular formula is C30H34ClFN8O4. The van der Waals surface area contributed by atoms with Gasteiger partial charge in [-0.1, -0.05) is 25.1 Å². The molecule has 1 N–H and O–H groups in total. The Labute approximate surface area is 258 Å². The number of ether oxygens (including phenoxy) is 3. The van der Waals surface area contributed by atoms with E-state index in [-0.39, 0.29) is 40.6 Å². The van der Waals surface area contributed by atoms with Crippen LogP contribution in [-0.4, -0.2) is 106 Å². The predicted octanol–water partition coefficient (Wildman–Crippen LogP) is 4.06. The van der Waals surface area contributed by atoms with Gasteiger partial charge in [0.2, 0.25) is 11.8 Å². The Bertz CT molecular complexity index is 1680. The quantitative estimate of drug-likeness (QED) is 0.273. The molecule has 232 valence electrons. The molecule has 1 amide bonds. The van der Waals surface area contributed by atoms with Gasteiger partial charge in [-0.15, -0.1) is 0 Å². The molecule has 6 rings (SSSR count). The second-order valence-electron chi connectivity index (χ2n) is 11.0. The molecule has 0 bridgehead atoms. The number of piperazine rings is 1. The molecule has 2 saturated heterocycles. The maximum absolute atomic E-state index is 14.7. The summed E-state index contributed by atoms with van der Waals surface area (Å²) in [7, 11) is 1.71. The van der Waals surface area contributed by atoms with Crippen molar-refractivity contribution in [1.29, 1.82) is 0 Å². The number of aromatic amines is 1. The predicted molar refractivity (Wildman–Crippen MR) is 164 cm³/mol. The van der Waals surface area contributed by atoms with Crippen molar-refractivity contribution in [3.8, 4) is 17.6 Å². The second kappa shape index (κ2) is 12.9. The fourth-order valence-corrected chi connectivity index (χ4v) is 5.97. The fourth-order valence-electron chi connectivity index (χ4n) is 5.78. The number of likely N-dealkylation sites (tertiary alicyclic amines) is 1. The number of hydrogen-bond acceptors (Lipinski definition) is 10. The first kappa shape index (κ1) is 30.0. The number of carbonyl (C=O) groups excluding carboxylic acids is 1. The van der Waals surface area contributed by atoms with Gasteiger partial charge in [-0.2, -0.15) is 15.1 Å². The Morgan fingerprint density at radius 3 is 2.80 bits per heavy atom. The van der Waals surface area contributed by atoms with Gasteiger partial charge in [-0.25, -0.2) is 9.37 Å². The number of H-pyrrole nitrogens is 1. The van der Waals surface area contributed by atoms with Gasteiger partial charge in [0.1, 0.15) is 28.3 Å². The summed E-state index contributed by atoms with van der Waals surface area (Å²) < 4.78 is 32.6. The molecule has 2 aliphatic rings. The number of carbonyl (C=O) groups is 1. The third kappa shape index (κ3) is 5.99. The molecule has 2 aliphatic heterocycles. The molecule has 3 aromatic heterocycles. The van der Waals surface area contributed by atoms with Crippen LogP contribution in [0.1, 0.15) is 13.3 Å². The number of fused-ring (bicyclic) bond motifs is 2. The third-order valence-corrected chi connectivity index (χ3v) is 8.53. The lowest BCUT2D eigenvalue weighted by atomic mass is 9.96. The number of piperidine rings is 1. The van der Waals surface area contributed by atoms with E-state index in [0.717, 1.165) is 26.1 Å². The van der Waals surface area contributed by atoms with E-state index in [1.54, 1.807) is 24.3 Å². The number of nitrogens with one attached hydrogen (secondary N) is 1. The van der Waals surface area contributed by atoms with Gasteiger partial charge in [0.05, 0.1) is 29.1 Å². The highest BCUT2D eigenvalue weighted by atomic mass is 35.5. The van der Waals surface area contributed by atoms with E-state index in [1.807, 2.05) is 0 Å². The van der Waals surface area contributed by atoms with E-state index in [4.69, 9.17) is 35.8 Å². The monoisotopic (exact) mass is 624 g/mol. The van der Waals surface area contributed by atoms with Crippen LogP contribution in [0.2, 0.25) is 5.02 Å². The number of rotatable bonds is 9. The number of hydrogen-bond donors (Lipinski definition) is 1. The van der Waals surface area contributed by atoms with Crippen LogP contribution < -0.4 is 14.4 Å². The van der Waals surface area contributed by atoms with Crippen LogP contribution in [0.5, 0.6) is 17.6 Å². The number of halogens is 2. The Kier molecular flexibility index (Phi) is 8.78. The maximum Gasteiger partial charge on any atom is 0.319 e. The first-order chi connectivity index (χ1) is 21.4. The summed E-state index contributed by atoms with van der Waals surface area (Å²) >= 11 is 6.37. The smallest absolute Gasteiger partial charge is 0.319 e. The van der Waals surface area contributed by atoms with Crippen LogP contribution >= 0.6 is 11.6 Å². The number of anilines is 1. The number of nitrogens with zero attached hydrogens (tertiary/aromatic N) is 7. The molecule has 1 unspecified atom stereocenters. The van der Waals surface area contributed by atoms with E-state index < -0.39 is 5.82 Å². The maximum atomic E-state index is 14.7. The first-order valence-corrected chi connectivity index (χ1v) is 14.9. The summed E-state index contributed by atoms with van der Waals surface area (Å²) in [4.78, 5) is 32.5. The van der Waals surface area contributed by atoms with Crippen LogP contribution in [-0.2, 0) is 9.53 Å². The third-order valence-electron chi connectivity index (χ3n) is 8.18. The van der Waals surface area contributed by atoms with Gasteiger partial charge in [0, 0.05) is 71.1 Å². The zero-order valence-corrected chi connectivity index (χ0v) is 25.4. The molecule has 0 spiro atoms. The number of amides is 1. The Morgan fingerprint density at radius 2 is 2.05 bits per heavy atom. The Hall–Kier alpha value is -4.07. The van der Waals surface area contributed by atoms with Crippen LogP contribution in [0.3, 0.4) is 0 Å². The summed E-state index contributed by atoms with van der Waals surface area (Å²) in [6.45, 7) is 11.1. The SMILES string of the molecule is C=CC(=O)N1CCN(c2nc(OC3CCN(CCOC)C[C@H]3C)nc3c(Oc4c(Cl)c(F)cc5[nH]ncc45)nccc23)CC1. The van der Waals surface area contributed by atoms with Gasteiger partial charge in [0.15, 0.2) is 5.75 Å². The highest BCUT2D eigenvalue weighted by Gasteiger charge is 2.30. The molecule has 44 heavy (non-hydrogen) atoms. The summed E-state index contributed by atoms with van der Waals surface area (Å²) in [5.41, 5.74) is 0.818. The van der Waals surface area contributed by atoms with Gasteiger partial charge < -0.3 is 28.9 Å². The summed E-state index contributed by atoms with van der Waals surface area (Å²) in [6, 6.07) is 3.26. The molecule has 0 aliphatic carbocycles. The van der Waals surface area contributed by atoms with Crippen LogP contribution in [0, 0.1) is 11.7 Å². The van der Waals surface area contributed by atoms with Crippen molar-refractivity contribution in [2.24, 2.45) is 5.92 Å². The Morgan fingerprint density at radius 1 is 1.23 bits per heavy atom. The molecule has 14 heteroatoms. The number of methoxy groups -OCH3 is 1. The number of aromatic nitrogens is 5. The van der Waals surface area contributed by atoms with Crippen molar-refractivity contribution >= 4 is 45.1 Å². The summed E-state index contributed by atoms with van der Waals surface area (Å²) in [6.07, 6.45) is 5.12. The standard InChI is InChI=1S/C30H34ClFN8O4/c1-4-24(41)39-9-11-40(12-10-39)28-19-5-7-33-29(44-27-20-16-34-37-22(20)15-21(32)25(27)31)26(19)35-30(36-28)43-23-6-8-38(13-14-42-3)17-18(23)2/h4-5,7,15-16,18,23H,1,6,8-14,17H2,2-3H3,(H,34,37)/t18-,23?/m1/s1. The normalized spacial score (nSPS) is 19.5. The first-order valence-electron chi connectivity index (χ1n) is 14.6. The molecular weight excluding hydrogens is 591 g/mol. The zero-order chi connectivity index (χ0) is 30.8. The van der Waals surface area contributed by atoms with Gasteiger partial charge in [-0.3, -0.25) is 9.89 Å². The molecule has 12 nitrogen and oxygen atoms in total. The minimum atomic E-state index is -0.657. The lowest BCUT2D eigenvalue weighted by Crippen LogP contribution is -2.48. The average Bonchev–Trinajstić information content (AvgIpc) is 3.51. The van der Waals surface area contributed by atoms with Crippen LogP contribution in [0.25, 0.3) is 21.8 Å². The van der Waals surface area contributed by atoms with E-state index >= 15 is 0 Å². The largest absolute Gasteiger partial charge is 0.460 e. The van der Waals surface area contributed by atoms with E-state index in [2.05, 4.69) is 38.5 Å². The van der Waals surface area contributed by atoms with Crippen molar-refractivity contribution in [3.05, 3.63) is 48.0 Å². The van der Waals surface area contributed by atoms with Crippen LogP contribution in [0.15, 0.2) is 37.2 Å². The summed E-state index contributed by atoms with van der Waals surface area (Å²) in [5, 5.41) is 7.73. The molecule has 1 aromatic carbocycles. The molecule has 2 fully saturated rings. The average molecular weight is 625 g/mol. The van der Waals surface area contributed by atoms with Crippen LogP contribution in [0.4, 0.5) is 10.2 Å². The Balaban J connectivity index is 1.37. The molecule has 0 saturated carbocycles. The zero-order valence-electron chi connectivity index (χ0n) is 24.6. The van der Waals surface area contributed by atoms with Crippen molar-refractivity contribution in [3.63, 3.8) is 0 Å². The van der Waals surface area contributed by atoms with Crippen molar-refractivity contribution < 1.29 is 23.4 Å². The molecule has 4 aromatic rings. The minimum absolute atomic E-state index is 0.0756. The minimum Gasteiger partial charge on any atom is -0.460 e. The van der Waals surface area contributed by atoms with Gasteiger partial charge >= 0.3 is 6.01 Å². The van der Waals surface area contributed by atoms with E-state index in [1.165, 1.54) is 18.3 Å². The molecule has 0 radical (unpaired) electrons. The van der Waals surface area contributed by atoms with Crippen molar-refractivity contribution in [1.82, 2.24) is 34.9 Å². The van der Waals surface area contributed by atoms with Gasteiger partial charge in [0.25, 0.3) is 0 Å². The number of benzene rings is 1. The second-order valence-corrected chi connectivity index (χ2v) is 11.4. The fraction of sp³-hybridized carbons (Fsp3) is 0.433. The summed E-state index contributed by atoms with van der Waals surface area (Å²) in [5.74, 6) is 0.287. The lowest BCUT2D eigenvalue weighted by molar-refractivity contribution is -0.126. The molecule has 5 heterocycles. The van der Waals surface area contributed by atoms with E-state index in [0.29, 0.717) is 60.4 Å². The topological polar surface area (TPSA) is 122 Å². The number of pyridine rings is 1. The highest BCUT2D eigenvalue weighted by molar-refractivity contribution is 6.33. The van der Waals surface area contributed by atoms with Crippen molar-refractivity contribution in [2.45, 2.75) is 19.4 Å². The van der Waals surface area contributed by atoms with Crippen molar-refractivity contribution in [2.75, 3.05) is 64.4 Å². The van der Waals surface area contributed by atoms with E-state index in [9.17, 15) is 9.18 Å². The van der Waals surface area contributed by atoms with Gasteiger partial charge in [-0.05, 0) is 18.6 Å². The molecule has 2 atom stereocenters. The lowest BCUT2D eigenvalue weighted by Gasteiger charge is -2.37.